The highest BCUT2D eigenvalue weighted by Crippen LogP contribution is 2.27. The summed E-state index contributed by atoms with van der Waals surface area (Å²) in [6.07, 6.45) is 11.9. The van der Waals surface area contributed by atoms with E-state index in [1.165, 1.54) is 12.8 Å². The van der Waals surface area contributed by atoms with Gasteiger partial charge < -0.3 is 10.0 Å². The minimum absolute atomic E-state index is 0.0881. The van der Waals surface area contributed by atoms with Crippen LogP contribution in [0.25, 0.3) is 0 Å². The van der Waals surface area contributed by atoms with Crippen LogP contribution < -0.4 is 0 Å². The average molecular weight is 237 g/mol. The normalized spacial score (nSPS) is 25.1. The van der Waals surface area contributed by atoms with Crippen LogP contribution in [0.3, 0.4) is 0 Å². The highest BCUT2D eigenvalue weighted by atomic mass is 16.3. The van der Waals surface area contributed by atoms with Crippen LogP contribution in [0, 0.1) is 5.92 Å². The Morgan fingerprint density at radius 1 is 1.24 bits per heavy atom. The van der Waals surface area contributed by atoms with Crippen molar-refractivity contribution in [3.63, 3.8) is 0 Å². The molecule has 0 saturated heterocycles. The maximum atomic E-state index is 12.5. The van der Waals surface area contributed by atoms with Crippen LogP contribution in [0.15, 0.2) is 12.2 Å². The van der Waals surface area contributed by atoms with Gasteiger partial charge in [-0.15, -0.1) is 0 Å². The third-order valence-electron chi connectivity index (χ3n) is 4.01. The van der Waals surface area contributed by atoms with Gasteiger partial charge in [0.2, 0.25) is 5.91 Å². The SMILES string of the molecule is O=C(C1CC=CCC1)N(CCO)C1CCCC1. The zero-order valence-corrected chi connectivity index (χ0v) is 10.5. The third kappa shape index (κ3) is 3.09. The summed E-state index contributed by atoms with van der Waals surface area (Å²) in [5, 5.41) is 9.14. The standard InChI is InChI=1S/C14H23NO2/c16-11-10-15(13-8-4-5-9-13)14(17)12-6-2-1-3-7-12/h1-2,12-13,16H,3-11H2. The van der Waals surface area contributed by atoms with E-state index >= 15 is 0 Å². The molecule has 0 bridgehead atoms. The molecule has 0 spiro atoms. The highest BCUT2D eigenvalue weighted by Gasteiger charge is 2.30. The second kappa shape index (κ2) is 6.20. The summed E-state index contributed by atoms with van der Waals surface area (Å²) in [5.74, 6) is 0.433. The van der Waals surface area contributed by atoms with Crippen molar-refractivity contribution in [1.82, 2.24) is 4.90 Å². The molecule has 1 amide bonds. The number of aliphatic hydroxyl groups excluding tert-OH is 1. The van der Waals surface area contributed by atoms with Crippen LogP contribution >= 0.6 is 0 Å². The predicted octanol–water partition coefficient (Wildman–Crippen LogP) is 2.11. The molecule has 1 unspecified atom stereocenters. The number of hydrogen-bond donors (Lipinski definition) is 1. The highest BCUT2D eigenvalue weighted by molar-refractivity contribution is 5.79. The second-order valence-corrected chi connectivity index (χ2v) is 5.17. The van der Waals surface area contributed by atoms with Crippen LogP contribution in [0.1, 0.15) is 44.9 Å². The van der Waals surface area contributed by atoms with Crippen molar-refractivity contribution in [3.05, 3.63) is 12.2 Å². The minimum atomic E-state index is 0.0881. The van der Waals surface area contributed by atoms with E-state index in [1.54, 1.807) is 0 Å². The maximum Gasteiger partial charge on any atom is 0.226 e. The van der Waals surface area contributed by atoms with Crippen LogP contribution in [0.4, 0.5) is 0 Å². The molecule has 2 aliphatic carbocycles. The summed E-state index contributed by atoms with van der Waals surface area (Å²) in [6, 6.07) is 0.389. The molecule has 0 heterocycles. The summed E-state index contributed by atoms with van der Waals surface area (Å²) >= 11 is 0. The van der Waals surface area contributed by atoms with Gasteiger partial charge in [-0.05, 0) is 32.1 Å². The van der Waals surface area contributed by atoms with Gasteiger partial charge >= 0.3 is 0 Å². The smallest absolute Gasteiger partial charge is 0.226 e. The van der Waals surface area contributed by atoms with Gasteiger partial charge in [-0.25, -0.2) is 0 Å². The number of carbonyl (C=O) groups is 1. The van der Waals surface area contributed by atoms with E-state index in [0.717, 1.165) is 32.1 Å². The van der Waals surface area contributed by atoms with Crippen molar-refractivity contribution in [2.24, 2.45) is 5.92 Å². The summed E-state index contributed by atoms with van der Waals surface area (Å²) in [5.41, 5.74) is 0. The molecule has 1 saturated carbocycles. The van der Waals surface area contributed by atoms with Crippen LogP contribution in [-0.2, 0) is 4.79 Å². The molecular formula is C14H23NO2. The van der Waals surface area contributed by atoms with Gasteiger partial charge in [-0.1, -0.05) is 25.0 Å². The number of rotatable bonds is 4. The Balaban J connectivity index is 1.98. The van der Waals surface area contributed by atoms with E-state index in [1.807, 2.05) is 4.90 Å². The quantitative estimate of drug-likeness (QED) is 0.761. The Bertz CT molecular complexity index is 282. The van der Waals surface area contributed by atoms with E-state index in [4.69, 9.17) is 5.11 Å². The molecule has 2 aliphatic rings. The van der Waals surface area contributed by atoms with Gasteiger partial charge in [0.25, 0.3) is 0 Å². The Morgan fingerprint density at radius 3 is 2.59 bits per heavy atom. The van der Waals surface area contributed by atoms with Crippen LogP contribution in [-0.4, -0.2) is 35.1 Å². The fraction of sp³-hybridized carbons (Fsp3) is 0.786. The first-order chi connectivity index (χ1) is 8.33. The Morgan fingerprint density at radius 2 is 2.00 bits per heavy atom. The van der Waals surface area contributed by atoms with Crippen molar-refractivity contribution in [2.75, 3.05) is 13.2 Å². The molecule has 0 aliphatic heterocycles. The number of carbonyl (C=O) groups excluding carboxylic acids is 1. The predicted molar refractivity (Wildman–Crippen MR) is 67.5 cm³/mol. The molecule has 0 radical (unpaired) electrons. The lowest BCUT2D eigenvalue weighted by Crippen LogP contribution is -2.44. The lowest BCUT2D eigenvalue weighted by Gasteiger charge is -2.32. The molecule has 0 aromatic heterocycles. The number of amides is 1. The molecule has 3 nitrogen and oxygen atoms in total. The first-order valence-corrected chi connectivity index (χ1v) is 6.89. The van der Waals surface area contributed by atoms with Gasteiger partial charge in [0.15, 0.2) is 0 Å². The van der Waals surface area contributed by atoms with Crippen molar-refractivity contribution >= 4 is 5.91 Å². The Hall–Kier alpha value is -0.830. The Kier molecular flexibility index (Phi) is 4.60. The summed E-state index contributed by atoms with van der Waals surface area (Å²) in [4.78, 5) is 14.4. The molecule has 0 aromatic carbocycles. The molecule has 1 atom stereocenters. The van der Waals surface area contributed by atoms with E-state index in [-0.39, 0.29) is 18.4 Å². The fourth-order valence-electron chi connectivity index (χ4n) is 3.05. The number of hydrogen-bond acceptors (Lipinski definition) is 2. The zero-order chi connectivity index (χ0) is 12.1. The first kappa shape index (κ1) is 12.6. The first-order valence-electron chi connectivity index (χ1n) is 6.89. The lowest BCUT2D eigenvalue weighted by molar-refractivity contribution is -0.138. The van der Waals surface area contributed by atoms with Crippen LogP contribution in [0.2, 0.25) is 0 Å². The van der Waals surface area contributed by atoms with Crippen molar-refractivity contribution in [3.8, 4) is 0 Å². The lowest BCUT2D eigenvalue weighted by atomic mass is 9.92. The van der Waals surface area contributed by atoms with Crippen molar-refractivity contribution < 1.29 is 9.90 Å². The number of nitrogens with zero attached hydrogens (tertiary/aromatic N) is 1. The topological polar surface area (TPSA) is 40.5 Å². The average Bonchev–Trinajstić information content (AvgIpc) is 2.90. The zero-order valence-electron chi connectivity index (χ0n) is 10.5. The maximum absolute atomic E-state index is 12.5. The van der Waals surface area contributed by atoms with E-state index in [9.17, 15) is 4.79 Å². The molecule has 96 valence electrons. The van der Waals surface area contributed by atoms with E-state index in [2.05, 4.69) is 12.2 Å². The van der Waals surface area contributed by atoms with Crippen molar-refractivity contribution in [2.45, 2.75) is 51.0 Å². The molecule has 0 aromatic rings. The number of aliphatic hydroxyl groups is 1. The van der Waals surface area contributed by atoms with Gasteiger partial charge in [0.1, 0.15) is 0 Å². The minimum Gasteiger partial charge on any atom is -0.395 e. The van der Waals surface area contributed by atoms with E-state index in [0.29, 0.717) is 12.6 Å². The summed E-state index contributed by atoms with van der Waals surface area (Å²) in [6.45, 7) is 0.606. The van der Waals surface area contributed by atoms with Gasteiger partial charge in [-0.2, -0.15) is 0 Å². The molecule has 2 rings (SSSR count). The monoisotopic (exact) mass is 237 g/mol. The molecule has 17 heavy (non-hydrogen) atoms. The second-order valence-electron chi connectivity index (χ2n) is 5.17. The molecular weight excluding hydrogens is 214 g/mol. The molecule has 1 N–H and O–H groups in total. The summed E-state index contributed by atoms with van der Waals surface area (Å²) in [7, 11) is 0. The summed E-state index contributed by atoms with van der Waals surface area (Å²) < 4.78 is 0. The van der Waals surface area contributed by atoms with Crippen LogP contribution in [0.5, 0.6) is 0 Å². The van der Waals surface area contributed by atoms with Crippen molar-refractivity contribution in [1.29, 1.82) is 0 Å². The van der Waals surface area contributed by atoms with Gasteiger partial charge in [0.05, 0.1) is 6.61 Å². The van der Waals surface area contributed by atoms with E-state index < -0.39 is 0 Å². The largest absolute Gasteiger partial charge is 0.395 e. The van der Waals surface area contributed by atoms with Gasteiger partial charge in [-0.3, -0.25) is 4.79 Å². The molecule has 1 fully saturated rings. The third-order valence-corrected chi connectivity index (χ3v) is 4.01. The Labute approximate surface area is 103 Å². The molecule has 3 heteroatoms. The number of allylic oxidation sites excluding steroid dienone is 2. The van der Waals surface area contributed by atoms with Gasteiger partial charge in [0, 0.05) is 18.5 Å². The fourth-order valence-corrected chi connectivity index (χ4v) is 3.05.